The molecule has 4 aromatic rings. The Hall–Kier alpha value is -4.21. The average Bonchev–Trinajstić information content (AvgIpc) is 3.54. The summed E-state index contributed by atoms with van der Waals surface area (Å²) in [4.78, 5) is 26.2. The van der Waals surface area contributed by atoms with Gasteiger partial charge in [0, 0.05) is 17.8 Å². The summed E-state index contributed by atoms with van der Waals surface area (Å²) in [6.07, 6.45) is 4.80. The van der Waals surface area contributed by atoms with Gasteiger partial charge in [-0.05, 0) is 36.8 Å². The second-order valence-electron chi connectivity index (χ2n) is 9.02. The van der Waals surface area contributed by atoms with Gasteiger partial charge in [-0.1, -0.05) is 32.0 Å². The lowest BCUT2D eigenvalue weighted by atomic mass is 9.96. The molecule has 3 heterocycles. The molecule has 1 N–H and O–H groups in total. The monoisotopic (exact) mass is 476 g/mol. The van der Waals surface area contributed by atoms with Crippen LogP contribution in [-0.4, -0.2) is 44.8 Å². The third-order valence-electron chi connectivity index (χ3n) is 5.43. The first-order valence-electron chi connectivity index (χ1n) is 11.1. The number of benzene rings is 1. The van der Waals surface area contributed by atoms with Crippen LogP contribution in [0.5, 0.6) is 11.5 Å². The van der Waals surface area contributed by atoms with Crippen LogP contribution in [0.2, 0.25) is 0 Å². The van der Waals surface area contributed by atoms with E-state index >= 15 is 0 Å². The van der Waals surface area contributed by atoms with Crippen LogP contribution >= 0.6 is 0 Å². The van der Waals surface area contributed by atoms with Gasteiger partial charge in [0.15, 0.2) is 23.1 Å². The van der Waals surface area contributed by atoms with Crippen LogP contribution in [-0.2, 0) is 5.41 Å². The predicted octanol–water partition coefficient (Wildman–Crippen LogP) is 4.12. The first kappa shape index (κ1) is 23.9. The SMILES string of the molecule is COc1ccc([C@@H](C)NC(=O)c2cn(-c3ncccc3-c3nc(C(C)(C)C)no3)cn2)cc1OC. The van der Waals surface area contributed by atoms with E-state index in [9.17, 15) is 4.79 Å². The normalized spacial score (nSPS) is 12.3. The molecule has 1 atom stereocenters. The summed E-state index contributed by atoms with van der Waals surface area (Å²) in [5.74, 6) is 2.36. The van der Waals surface area contributed by atoms with Gasteiger partial charge in [-0.25, -0.2) is 9.97 Å². The van der Waals surface area contributed by atoms with Gasteiger partial charge in [-0.15, -0.1) is 0 Å². The highest BCUT2D eigenvalue weighted by Crippen LogP contribution is 2.30. The number of amides is 1. The van der Waals surface area contributed by atoms with Crippen molar-refractivity contribution < 1.29 is 18.8 Å². The average molecular weight is 477 g/mol. The molecule has 0 fully saturated rings. The van der Waals surface area contributed by atoms with Crippen LogP contribution in [0.4, 0.5) is 0 Å². The first-order chi connectivity index (χ1) is 16.7. The Kier molecular flexibility index (Phi) is 6.54. The van der Waals surface area contributed by atoms with Crippen molar-refractivity contribution in [3.63, 3.8) is 0 Å². The van der Waals surface area contributed by atoms with E-state index in [0.717, 1.165) is 5.56 Å². The van der Waals surface area contributed by atoms with Gasteiger partial charge < -0.3 is 19.3 Å². The van der Waals surface area contributed by atoms with E-state index in [1.807, 2.05) is 45.9 Å². The van der Waals surface area contributed by atoms with Crippen LogP contribution in [0.15, 0.2) is 53.6 Å². The zero-order chi connectivity index (χ0) is 25.2. The molecule has 0 aliphatic rings. The number of carbonyl (C=O) groups excluding carboxylic acids is 1. The lowest BCUT2D eigenvalue weighted by Gasteiger charge is -2.16. The zero-order valence-corrected chi connectivity index (χ0v) is 20.6. The highest BCUT2D eigenvalue weighted by molar-refractivity contribution is 5.92. The van der Waals surface area contributed by atoms with Crippen molar-refractivity contribution in [3.8, 4) is 28.8 Å². The Morgan fingerprint density at radius 1 is 1.11 bits per heavy atom. The lowest BCUT2D eigenvalue weighted by Crippen LogP contribution is -2.27. The van der Waals surface area contributed by atoms with Crippen LogP contribution in [0, 0.1) is 0 Å². The van der Waals surface area contributed by atoms with E-state index < -0.39 is 0 Å². The molecule has 10 nitrogen and oxygen atoms in total. The molecule has 1 aromatic carbocycles. The lowest BCUT2D eigenvalue weighted by molar-refractivity contribution is 0.0935. The fraction of sp³-hybridized carbons (Fsp3) is 0.320. The van der Waals surface area contributed by atoms with Gasteiger partial charge in [0.25, 0.3) is 11.8 Å². The summed E-state index contributed by atoms with van der Waals surface area (Å²) in [5, 5.41) is 7.06. The largest absolute Gasteiger partial charge is 0.493 e. The van der Waals surface area contributed by atoms with Crippen molar-refractivity contribution >= 4 is 5.91 Å². The molecule has 4 rings (SSSR count). The zero-order valence-electron chi connectivity index (χ0n) is 20.6. The Bertz CT molecular complexity index is 1340. The molecule has 182 valence electrons. The number of methoxy groups -OCH3 is 2. The minimum absolute atomic E-state index is 0.245. The third kappa shape index (κ3) is 5.01. The number of nitrogens with one attached hydrogen (secondary N) is 1. The van der Waals surface area contributed by atoms with Crippen molar-refractivity contribution in [1.29, 1.82) is 0 Å². The van der Waals surface area contributed by atoms with Crippen LogP contribution in [0.25, 0.3) is 17.3 Å². The number of carbonyl (C=O) groups is 1. The topological polar surface area (TPSA) is 117 Å². The van der Waals surface area contributed by atoms with E-state index in [4.69, 9.17) is 14.0 Å². The number of pyridine rings is 1. The third-order valence-corrected chi connectivity index (χ3v) is 5.43. The van der Waals surface area contributed by atoms with Crippen LogP contribution < -0.4 is 14.8 Å². The molecule has 10 heteroatoms. The minimum Gasteiger partial charge on any atom is -0.493 e. The molecule has 3 aromatic heterocycles. The van der Waals surface area contributed by atoms with E-state index in [1.54, 1.807) is 43.3 Å². The maximum atomic E-state index is 12.9. The summed E-state index contributed by atoms with van der Waals surface area (Å²) in [5.41, 5.74) is 1.50. The molecule has 0 radical (unpaired) electrons. The Morgan fingerprint density at radius 3 is 2.57 bits per heavy atom. The van der Waals surface area contributed by atoms with Gasteiger partial charge in [0.2, 0.25) is 0 Å². The molecule has 35 heavy (non-hydrogen) atoms. The number of imidazole rings is 1. The highest BCUT2D eigenvalue weighted by atomic mass is 16.5. The predicted molar refractivity (Wildman–Crippen MR) is 129 cm³/mol. The second-order valence-corrected chi connectivity index (χ2v) is 9.02. The number of ether oxygens (including phenoxy) is 2. The summed E-state index contributed by atoms with van der Waals surface area (Å²) in [6.45, 7) is 7.91. The van der Waals surface area contributed by atoms with Crippen molar-refractivity contribution in [1.82, 2.24) is 30.0 Å². The van der Waals surface area contributed by atoms with Crippen molar-refractivity contribution in [2.24, 2.45) is 0 Å². The quantitative estimate of drug-likeness (QED) is 0.423. The van der Waals surface area contributed by atoms with Crippen molar-refractivity contribution in [2.45, 2.75) is 39.2 Å². The number of nitrogens with zero attached hydrogens (tertiary/aromatic N) is 5. The smallest absolute Gasteiger partial charge is 0.271 e. The Labute approximate surface area is 203 Å². The fourth-order valence-electron chi connectivity index (χ4n) is 3.44. The Balaban J connectivity index is 1.55. The molecule has 0 saturated carbocycles. The standard InChI is InChI=1S/C25H28N6O4/c1-15(16-9-10-19(33-5)20(12-16)34-6)28-22(32)18-13-31(14-27-18)21-17(8-7-11-26-21)23-29-24(30-35-23)25(2,3)4/h7-15H,1-6H3,(H,28,32)/t15-/m1/s1. The Morgan fingerprint density at radius 2 is 1.89 bits per heavy atom. The summed E-state index contributed by atoms with van der Waals surface area (Å²) >= 11 is 0. The molecule has 0 spiro atoms. The van der Waals surface area contributed by atoms with Crippen LogP contribution in [0.1, 0.15) is 55.6 Å². The molecule has 1 amide bonds. The maximum Gasteiger partial charge on any atom is 0.271 e. The number of hydrogen-bond donors (Lipinski definition) is 1. The van der Waals surface area contributed by atoms with E-state index in [0.29, 0.717) is 34.6 Å². The van der Waals surface area contributed by atoms with Gasteiger partial charge in [-0.3, -0.25) is 9.36 Å². The first-order valence-corrected chi connectivity index (χ1v) is 11.1. The molecule has 0 aliphatic heterocycles. The van der Waals surface area contributed by atoms with Crippen molar-refractivity contribution in [3.05, 3.63) is 66.1 Å². The fourth-order valence-corrected chi connectivity index (χ4v) is 3.44. The van der Waals surface area contributed by atoms with Gasteiger partial charge in [0.05, 0.1) is 25.8 Å². The van der Waals surface area contributed by atoms with E-state index in [-0.39, 0.29) is 23.1 Å². The number of hydrogen-bond acceptors (Lipinski definition) is 8. The molecular weight excluding hydrogens is 448 g/mol. The van der Waals surface area contributed by atoms with Crippen LogP contribution in [0.3, 0.4) is 0 Å². The van der Waals surface area contributed by atoms with Crippen molar-refractivity contribution in [2.75, 3.05) is 14.2 Å². The van der Waals surface area contributed by atoms with Gasteiger partial charge in [-0.2, -0.15) is 4.98 Å². The second kappa shape index (κ2) is 9.57. The minimum atomic E-state index is -0.323. The van der Waals surface area contributed by atoms with Gasteiger partial charge in [0.1, 0.15) is 12.0 Å². The van der Waals surface area contributed by atoms with E-state index in [1.165, 1.54) is 6.33 Å². The molecule has 0 saturated heterocycles. The molecular formula is C25H28N6O4. The molecule has 0 unspecified atom stereocenters. The molecule has 0 bridgehead atoms. The number of aromatic nitrogens is 5. The van der Waals surface area contributed by atoms with Gasteiger partial charge >= 0.3 is 0 Å². The van der Waals surface area contributed by atoms with E-state index in [2.05, 4.69) is 25.4 Å². The number of rotatable bonds is 7. The highest BCUT2D eigenvalue weighted by Gasteiger charge is 2.24. The maximum absolute atomic E-state index is 12.9. The summed E-state index contributed by atoms with van der Waals surface area (Å²) < 4.78 is 17.8. The molecule has 0 aliphatic carbocycles. The summed E-state index contributed by atoms with van der Waals surface area (Å²) in [6, 6.07) is 8.85. The summed E-state index contributed by atoms with van der Waals surface area (Å²) in [7, 11) is 3.15.